The summed E-state index contributed by atoms with van der Waals surface area (Å²) in [7, 11) is 0. The van der Waals surface area contributed by atoms with Crippen LogP contribution in [0.1, 0.15) is 18.5 Å². The van der Waals surface area contributed by atoms with Gasteiger partial charge in [0.05, 0.1) is 12.2 Å². The number of anilines is 1. The maximum Gasteiger partial charge on any atom is 0.168 e. The fourth-order valence-electron chi connectivity index (χ4n) is 1.55. The summed E-state index contributed by atoms with van der Waals surface area (Å²) in [4.78, 5) is 3.68. The molecule has 0 saturated carbocycles. The molecule has 1 N–H and O–H groups in total. The Balaban J connectivity index is 2.16. The van der Waals surface area contributed by atoms with Crippen LogP contribution in [-0.2, 0) is 0 Å². The number of halogens is 2. The van der Waals surface area contributed by atoms with E-state index >= 15 is 0 Å². The van der Waals surface area contributed by atoms with Crippen LogP contribution in [-0.4, -0.2) is 4.98 Å². The lowest BCUT2D eigenvalue weighted by atomic mass is 10.1. The van der Waals surface area contributed by atoms with Gasteiger partial charge in [-0.15, -0.1) is 0 Å². The topological polar surface area (TPSA) is 24.9 Å². The van der Waals surface area contributed by atoms with E-state index < -0.39 is 11.6 Å². The van der Waals surface area contributed by atoms with E-state index in [0.717, 1.165) is 17.8 Å². The van der Waals surface area contributed by atoms with Crippen molar-refractivity contribution in [3.8, 4) is 0 Å². The number of hydrogen-bond acceptors (Lipinski definition) is 2. The molecule has 1 aromatic carbocycles. The lowest BCUT2D eigenvalue weighted by Crippen LogP contribution is -2.09. The summed E-state index contributed by atoms with van der Waals surface area (Å²) in [6, 6.07) is 10.3. The fourth-order valence-corrected chi connectivity index (χ4v) is 1.55. The molecule has 0 aliphatic rings. The molecule has 88 valence electrons. The van der Waals surface area contributed by atoms with Gasteiger partial charge in [-0.2, -0.15) is 0 Å². The second kappa shape index (κ2) is 4.91. The molecule has 2 aromatic rings. The standard InChI is InChI=1S/C13H12F2N2/c1-9(10-5-3-2-4-6-10)17-13-12(15)7-11(14)8-16-13/h2-9H,1H3,(H,16,17). The summed E-state index contributed by atoms with van der Waals surface area (Å²) in [5, 5.41) is 2.90. The van der Waals surface area contributed by atoms with Crippen molar-refractivity contribution in [1.82, 2.24) is 4.98 Å². The predicted octanol–water partition coefficient (Wildman–Crippen LogP) is 3.53. The highest BCUT2D eigenvalue weighted by Crippen LogP contribution is 2.19. The van der Waals surface area contributed by atoms with E-state index in [1.807, 2.05) is 37.3 Å². The number of nitrogens with zero attached hydrogens (tertiary/aromatic N) is 1. The molecule has 0 saturated heterocycles. The molecule has 0 aliphatic carbocycles. The van der Waals surface area contributed by atoms with Gasteiger partial charge < -0.3 is 5.32 Å². The van der Waals surface area contributed by atoms with Gasteiger partial charge in [0, 0.05) is 6.07 Å². The second-order valence-electron chi connectivity index (χ2n) is 3.76. The summed E-state index contributed by atoms with van der Waals surface area (Å²) in [5.74, 6) is -1.31. The Bertz CT molecular complexity index is 500. The molecule has 1 atom stereocenters. The van der Waals surface area contributed by atoms with E-state index in [-0.39, 0.29) is 11.9 Å². The third kappa shape index (κ3) is 2.78. The van der Waals surface area contributed by atoms with Crippen LogP contribution in [0.4, 0.5) is 14.6 Å². The van der Waals surface area contributed by atoms with Gasteiger partial charge in [0.15, 0.2) is 11.6 Å². The van der Waals surface area contributed by atoms with Crippen molar-refractivity contribution in [2.24, 2.45) is 0 Å². The molecule has 0 radical (unpaired) electrons. The van der Waals surface area contributed by atoms with Crippen molar-refractivity contribution in [2.75, 3.05) is 5.32 Å². The number of nitrogens with one attached hydrogen (secondary N) is 1. The lowest BCUT2D eigenvalue weighted by Gasteiger charge is -2.15. The van der Waals surface area contributed by atoms with Gasteiger partial charge in [-0.05, 0) is 12.5 Å². The maximum atomic E-state index is 13.4. The number of hydrogen-bond donors (Lipinski definition) is 1. The Kier molecular flexibility index (Phi) is 3.32. The van der Waals surface area contributed by atoms with Gasteiger partial charge >= 0.3 is 0 Å². The molecule has 1 aromatic heterocycles. The molecule has 0 aliphatic heterocycles. The number of benzene rings is 1. The van der Waals surface area contributed by atoms with Crippen molar-refractivity contribution >= 4 is 5.82 Å². The van der Waals surface area contributed by atoms with E-state index in [0.29, 0.717) is 0 Å². The molecular weight excluding hydrogens is 222 g/mol. The van der Waals surface area contributed by atoms with Crippen LogP contribution in [0.25, 0.3) is 0 Å². The molecule has 1 unspecified atom stereocenters. The zero-order valence-corrected chi connectivity index (χ0v) is 9.32. The first-order valence-electron chi connectivity index (χ1n) is 5.29. The summed E-state index contributed by atoms with van der Waals surface area (Å²) >= 11 is 0. The Hall–Kier alpha value is -1.97. The Labute approximate surface area is 98.3 Å². The third-order valence-electron chi connectivity index (χ3n) is 2.46. The van der Waals surface area contributed by atoms with Crippen molar-refractivity contribution in [1.29, 1.82) is 0 Å². The van der Waals surface area contributed by atoms with E-state index in [4.69, 9.17) is 0 Å². The minimum atomic E-state index is -0.687. The van der Waals surface area contributed by atoms with Crippen molar-refractivity contribution < 1.29 is 8.78 Å². The van der Waals surface area contributed by atoms with Crippen LogP contribution in [0.15, 0.2) is 42.6 Å². The van der Waals surface area contributed by atoms with Crippen LogP contribution in [0.5, 0.6) is 0 Å². The van der Waals surface area contributed by atoms with Crippen molar-refractivity contribution in [3.05, 3.63) is 59.8 Å². The monoisotopic (exact) mass is 234 g/mol. The quantitative estimate of drug-likeness (QED) is 0.878. The molecule has 1 heterocycles. The van der Waals surface area contributed by atoms with Crippen molar-refractivity contribution in [3.63, 3.8) is 0 Å². The first-order valence-corrected chi connectivity index (χ1v) is 5.29. The summed E-state index contributed by atoms with van der Waals surface area (Å²) < 4.78 is 26.0. The summed E-state index contributed by atoms with van der Waals surface area (Å²) in [6.07, 6.45) is 0.989. The van der Waals surface area contributed by atoms with Crippen LogP contribution in [0, 0.1) is 11.6 Å². The molecular formula is C13H12F2N2. The highest BCUT2D eigenvalue weighted by Gasteiger charge is 2.09. The van der Waals surface area contributed by atoms with Crippen LogP contribution < -0.4 is 5.32 Å². The van der Waals surface area contributed by atoms with Crippen LogP contribution >= 0.6 is 0 Å². The molecule has 0 bridgehead atoms. The van der Waals surface area contributed by atoms with Gasteiger partial charge in [0.25, 0.3) is 0 Å². The highest BCUT2D eigenvalue weighted by atomic mass is 19.1. The lowest BCUT2D eigenvalue weighted by molar-refractivity contribution is 0.574. The van der Waals surface area contributed by atoms with E-state index in [2.05, 4.69) is 10.3 Å². The van der Waals surface area contributed by atoms with Gasteiger partial charge in [-0.1, -0.05) is 30.3 Å². The predicted molar refractivity (Wildman–Crippen MR) is 62.6 cm³/mol. The molecule has 0 fully saturated rings. The fraction of sp³-hybridized carbons (Fsp3) is 0.154. The number of rotatable bonds is 3. The van der Waals surface area contributed by atoms with Gasteiger partial charge in [0.2, 0.25) is 0 Å². The zero-order chi connectivity index (χ0) is 12.3. The summed E-state index contributed by atoms with van der Waals surface area (Å²) in [5.41, 5.74) is 1.01. The molecule has 2 nitrogen and oxygen atoms in total. The zero-order valence-electron chi connectivity index (χ0n) is 9.32. The average Bonchev–Trinajstić information content (AvgIpc) is 2.34. The van der Waals surface area contributed by atoms with Gasteiger partial charge in [-0.25, -0.2) is 13.8 Å². The van der Waals surface area contributed by atoms with Crippen LogP contribution in [0.3, 0.4) is 0 Å². The molecule has 2 rings (SSSR count). The maximum absolute atomic E-state index is 13.4. The van der Waals surface area contributed by atoms with Crippen LogP contribution in [0.2, 0.25) is 0 Å². The molecule has 0 amide bonds. The number of pyridine rings is 1. The number of aromatic nitrogens is 1. The smallest absolute Gasteiger partial charge is 0.168 e. The van der Waals surface area contributed by atoms with Gasteiger partial charge in [-0.3, -0.25) is 0 Å². The minimum absolute atomic E-state index is 0.0581. The molecule has 0 spiro atoms. The van der Waals surface area contributed by atoms with E-state index in [1.54, 1.807) is 0 Å². The SMILES string of the molecule is CC(Nc1ncc(F)cc1F)c1ccccc1. The third-order valence-corrected chi connectivity index (χ3v) is 2.46. The summed E-state index contributed by atoms with van der Waals surface area (Å²) in [6.45, 7) is 1.89. The highest BCUT2D eigenvalue weighted by molar-refractivity contribution is 5.39. The second-order valence-corrected chi connectivity index (χ2v) is 3.76. The first kappa shape index (κ1) is 11.5. The molecule has 17 heavy (non-hydrogen) atoms. The van der Waals surface area contributed by atoms with E-state index in [9.17, 15) is 8.78 Å². The molecule has 4 heteroatoms. The average molecular weight is 234 g/mol. The Morgan fingerprint density at radius 1 is 1.18 bits per heavy atom. The van der Waals surface area contributed by atoms with E-state index in [1.165, 1.54) is 0 Å². The Morgan fingerprint density at radius 3 is 2.53 bits per heavy atom. The first-order chi connectivity index (χ1) is 8.16. The van der Waals surface area contributed by atoms with Gasteiger partial charge in [0.1, 0.15) is 5.82 Å². The minimum Gasteiger partial charge on any atom is -0.361 e. The largest absolute Gasteiger partial charge is 0.361 e. The Morgan fingerprint density at radius 2 is 1.88 bits per heavy atom. The van der Waals surface area contributed by atoms with Crippen molar-refractivity contribution in [2.45, 2.75) is 13.0 Å². The normalized spacial score (nSPS) is 12.2.